The first-order valence-electron chi connectivity index (χ1n) is 6.93. The second kappa shape index (κ2) is 5.69. The summed E-state index contributed by atoms with van der Waals surface area (Å²) in [5, 5.41) is 19.1. The Morgan fingerprint density at radius 2 is 2.00 bits per heavy atom. The molecule has 0 saturated carbocycles. The van der Waals surface area contributed by atoms with Gasteiger partial charge in [-0.05, 0) is 35.4 Å². The number of rotatable bonds is 3. The number of ether oxygens (including phenoxy) is 2. The zero-order valence-corrected chi connectivity index (χ0v) is 12.1. The van der Waals surface area contributed by atoms with Gasteiger partial charge in [-0.3, -0.25) is 4.79 Å². The van der Waals surface area contributed by atoms with E-state index >= 15 is 0 Å². The van der Waals surface area contributed by atoms with E-state index in [9.17, 15) is 15.0 Å². The van der Waals surface area contributed by atoms with Crippen LogP contribution < -0.4 is 9.47 Å². The second-order valence-electron chi connectivity index (χ2n) is 5.15. The summed E-state index contributed by atoms with van der Waals surface area (Å²) in [6, 6.07) is 10.3. The highest BCUT2D eigenvalue weighted by molar-refractivity contribution is 6.02. The number of fused-ring (bicyclic) bond motifs is 1. The van der Waals surface area contributed by atoms with Gasteiger partial charge in [0.15, 0.2) is 5.78 Å². The molecule has 2 aromatic carbocycles. The molecule has 0 aliphatic carbocycles. The fourth-order valence-electron chi connectivity index (χ4n) is 2.59. The molecule has 0 aromatic heterocycles. The van der Waals surface area contributed by atoms with E-state index < -0.39 is 6.10 Å². The van der Waals surface area contributed by atoms with Crippen LogP contribution in [0.4, 0.5) is 0 Å². The van der Waals surface area contributed by atoms with Gasteiger partial charge in [-0.1, -0.05) is 12.1 Å². The van der Waals surface area contributed by atoms with Gasteiger partial charge in [0.1, 0.15) is 28.9 Å². The van der Waals surface area contributed by atoms with Crippen LogP contribution in [0.1, 0.15) is 34.0 Å². The van der Waals surface area contributed by atoms with Crippen LogP contribution >= 0.6 is 0 Å². The van der Waals surface area contributed by atoms with E-state index in [1.54, 1.807) is 25.3 Å². The number of carbonyl (C=O) groups is 1. The zero-order chi connectivity index (χ0) is 15.7. The lowest BCUT2D eigenvalue weighted by Gasteiger charge is -2.26. The molecule has 0 spiro atoms. The van der Waals surface area contributed by atoms with Gasteiger partial charge in [0.05, 0.1) is 20.1 Å². The number of hydrogen-bond donors (Lipinski definition) is 2. The predicted molar refractivity (Wildman–Crippen MR) is 79.3 cm³/mol. The van der Waals surface area contributed by atoms with Crippen molar-refractivity contribution < 1.29 is 24.5 Å². The van der Waals surface area contributed by atoms with Crippen LogP contribution in [0.5, 0.6) is 17.2 Å². The van der Waals surface area contributed by atoms with Crippen LogP contribution in [0.3, 0.4) is 0 Å². The van der Waals surface area contributed by atoms with E-state index in [0.29, 0.717) is 11.3 Å². The first-order valence-corrected chi connectivity index (χ1v) is 6.93. The molecule has 1 aliphatic rings. The number of Topliss-reactive ketones (excluding diaryl/α,β-unsaturated/α-hetero) is 1. The minimum Gasteiger partial charge on any atom is -0.507 e. The van der Waals surface area contributed by atoms with Crippen molar-refractivity contribution in [1.82, 2.24) is 0 Å². The average Bonchev–Trinajstić information content (AvgIpc) is 2.54. The maximum Gasteiger partial charge on any atom is 0.174 e. The second-order valence-corrected chi connectivity index (χ2v) is 5.15. The standard InChI is InChI=1S/C17H16O5/c1-21-12-4-2-11(3-5-12)15-8-14(20)17-13(19)6-10(9-18)7-16(17)22-15/h2-7,15,18-19H,8-9H2,1H3. The third-order valence-corrected chi connectivity index (χ3v) is 3.73. The van der Waals surface area contributed by atoms with Gasteiger partial charge < -0.3 is 19.7 Å². The smallest absolute Gasteiger partial charge is 0.174 e. The van der Waals surface area contributed by atoms with Crippen molar-refractivity contribution in [2.24, 2.45) is 0 Å². The quantitative estimate of drug-likeness (QED) is 0.911. The zero-order valence-electron chi connectivity index (χ0n) is 12.1. The third kappa shape index (κ3) is 2.51. The Balaban J connectivity index is 1.95. The summed E-state index contributed by atoms with van der Waals surface area (Å²) in [4.78, 5) is 12.3. The van der Waals surface area contributed by atoms with E-state index in [2.05, 4.69) is 0 Å². The lowest BCUT2D eigenvalue weighted by molar-refractivity contribution is 0.0844. The SMILES string of the molecule is COc1ccc(C2CC(=O)c3c(O)cc(CO)cc3O2)cc1. The molecule has 2 aromatic rings. The molecule has 2 N–H and O–H groups in total. The number of benzene rings is 2. The van der Waals surface area contributed by atoms with Crippen molar-refractivity contribution in [3.05, 3.63) is 53.1 Å². The Morgan fingerprint density at radius 3 is 2.64 bits per heavy atom. The fraction of sp³-hybridized carbons (Fsp3) is 0.235. The molecule has 0 saturated heterocycles. The number of carbonyl (C=O) groups excluding carboxylic acids is 1. The van der Waals surface area contributed by atoms with Crippen molar-refractivity contribution in [2.45, 2.75) is 19.1 Å². The summed E-state index contributed by atoms with van der Waals surface area (Å²) in [5.74, 6) is 0.705. The molecule has 1 heterocycles. The Bertz CT molecular complexity index is 706. The molecule has 114 valence electrons. The summed E-state index contributed by atoms with van der Waals surface area (Å²) in [7, 11) is 1.59. The first kappa shape index (κ1) is 14.4. The van der Waals surface area contributed by atoms with Crippen molar-refractivity contribution in [1.29, 1.82) is 0 Å². The van der Waals surface area contributed by atoms with E-state index in [-0.39, 0.29) is 30.1 Å². The molecule has 1 aliphatic heterocycles. The average molecular weight is 300 g/mol. The van der Waals surface area contributed by atoms with E-state index in [0.717, 1.165) is 11.3 Å². The first-order chi connectivity index (χ1) is 10.6. The largest absolute Gasteiger partial charge is 0.507 e. The fourth-order valence-corrected chi connectivity index (χ4v) is 2.59. The third-order valence-electron chi connectivity index (χ3n) is 3.73. The molecule has 5 heteroatoms. The number of ketones is 1. The van der Waals surface area contributed by atoms with Crippen LogP contribution in [-0.2, 0) is 6.61 Å². The highest BCUT2D eigenvalue weighted by atomic mass is 16.5. The molecule has 0 amide bonds. The molecule has 1 atom stereocenters. The number of aromatic hydroxyl groups is 1. The molecular formula is C17H16O5. The van der Waals surface area contributed by atoms with E-state index in [1.807, 2.05) is 12.1 Å². The Labute approximate surface area is 127 Å². The number of methoxy groups -OCH3 is 1. The van der Waals surface area contributed by atoms with Crippen LogP contribution in [0.15, 0.2) is 36.4 Å². The van der Waals surface area contributed by atoms with Crippen molar-refractivity contribution >= 4 is 5.78 Å². The molecule has 22 heavy (non-hydrogen) atoms. The van der Waals surface area contributed by atoms with Crippen molar-refractivity contribution in [3.8, 4) is 17.2 Å². The van der Waals surface area contributed by atoms with Gasteiger partial charge >= 0.3 is 0 Å². The topological polar surface area (TPSA) is 76.0 Å². The summed E-state index contributed by atoms with van der Waals surface area (Å²) >= 11 is 0. The Kier molecular flexibility index (Phi) is 3.73. The summed E-state index contributed by atoms with van der Waals surface area (Å²) in [6.07, 6.45) is -0.259. The number of phenolic OH excluding ortho intramolecular Hbond substituents is 1. The predicted octanol–water partition coefficient (Wildman–Crippen LogP) is 2.60. The molecular weight excluding hydrogens is 284 g/mol. The van der Waals surface area contributed by atoms with Gasteiger partial charge in [-0.25, -0.2) is 0 Å². The highest BCUT2D eigenvalue weighted by Gasteiger charge is 2.30. The van der Waals surface area contributed by atoms with Crippen molar-refractivity contribution in [2.75, 3.05) is 7.11 Å². The molecule has 5 nitrogen and oxygen atoms in total. The summed E-state index contributed by atoms with van der Waals surface area (Å²) in [6.45, 7) is -0.231. The molecule has 0 bridgehead atoms. The number of aliphatic hydroxyl groups is 1. The van der Waals surface area contributed by atoms with Gasteiger partial charge in [-0.2, -0.15) is 0 Å². The minimum absolute atomic E-state index is 0.153. The summed E-state index contributed by atoms with van der Waals surface area (Å²) < 4.78 is 11.0. The summed E-state index contributed by atoms with van der Waals surface area (Å²) in [5.41, 5.74) is 1.54. The number of phenols is 1. The van der Waals surface area contributed by atoms with Gasteiger partial charge in [0.2, 0.25) is 0 Å². The lowest BCUT2D eigenvalue weighted by Crippen LogP contribution is -2.20. The maximum absolute atomic E-state index is 12.3. The van der Waals surface area contributed by atoms with Gasteiger partial charge in [-0.15, -0.1) is 0 Å². The number of hydrogen-bond acceptors (Lipinski definition) is 5. The highest BCUT2D eigenvalue weighted by Crippen LogP contribution is 2.40. The van der Waals surface area contributed by atoms with Crippen LogP contribution in [0, 0.1) is 0 Å². The monoisotopic (exact) mass is 300 g/mol. The van der Waals surface area contributed by atoms with E-state index in [4.69, 9.17) is 9.47 Å². The van der Waals surface area contributed by atoms with Crippen LogP contribution in [-0.4, -0.2) is 23.1 Å². The van der Waals surface area contributed by atoms with Crippen molar-refractivity contribution in [3.63, 3.8) is 0 Å². The van der Waals surface area contributed by atoms with Crippen LogP contribution in [0.2, 0.25) is 0 Å². The number of aliphatic hydroxyl groups excluding tert-OH is 1. The Hall–Kier alpha value is -2.53. The Morgan fingerprint density at radius 1 is 1.27 bits per heavy atom. The van der Waals surface area contributed by atoms with Gasteiger partial charge in [0.25, 0.3) is 0 Å². The van der Waals surface area contributed by atoms with Crippen LogP contribution in [0.25, 0.3) is 0 Å². The normalized spacial score (nSPS) is 16.8. The molecule has 0 fully saturated rings. The lowest BCUT2D eigenvalue weighted by atomic mass is 9.94. The minimum atomic E-state index is -0.417. The molecule has 0 radical (unpaired) electrons. The molecule has 3 rings (SSSR count). The maximum atomic E-state index is 12.3. The van der Waals surface area contributed by atoms with Gasteiger partial charge in [0, 0.05) is 0 Å². The van der Waals surface area contributed by atoms with E-state index in [1.165, 1.54) is 6.07 Å². The molecule has 1 unspecified atom stereocenters.